The van der Waals surface area contributed by atoms with Gasteiger partial charge in [-0.1, -0.05) is 45.0 Å². The zero-order valence-corrected chi connectivity index (χ0v) is 14.3. The molecule has 0 spiro atoms. The number of aliphatic hydroxyl groups excluding tert-OH is 1. The lowest BCUT2D eigenvalue weighted by Gasteiger charge is -2.29. The van der Waals surface area contributed by atoms with Gasteiger partial charge in [0.2, 0.25) is 0 Å². The largest absolute Gasteiger partial charge is 0.394 e. The number of hydrogen-bond acceptors (Lipinski definition) is 4. The van der Waals surface area contributed by atoms with E-state index in [1.807, 2.05) is 0 Å². The van der Waals surface area contributed by atoms with E-state index in [-0.39, 0.29) is 17.6 Å². The Labute approximate surface area is 136 Å². The number of aryl methyl sites for hydroxylation is 1. The van der Waals surface area contributed by atoms with Crippen LogP contribution >= 0.6 is 11.3 Å². The number of nitrogens with one attached hydrogen (secondary N) is 1. The van der Waals surface area contributed by atoms with Crippen LogP contribution in [0.3, 0.4) is 0 Å². The molecule has 1 unspecified atom stereocenters. The molecule has 1 heterocycles. The van der Waals surface area contributed by atoms with Gasteiger partial charge in [0, 0.05) is 17.3 Å². The molecule has 22 heavy (non-hydrogen) atoms. The van der Waals surface area contributed by atoms with Gasteiger partial charge in [-0.15, -0.1) is 11.3 Å². The lowest BCUT2D eigenvalue weighted by molar-refractivity contribution is 0.158. The molecule has 2 N–H and O–H groups in total. The van der Waals surface area contributed by atoms with Crippen LogP contribution in [0.25, 0.3) is 0 Å². The molecule has 1 atom stereocenters. The van der Waals surface area contributed by atoms with Gasteiger partial charge in [-0.3, -0.25) is 5.32 Å². The van der Waals surface area contributed by atoms with E-state index < -0.39 is 0 Å². The predicted molar refractivity (Wildman–Crippen MR) is 91.2 cm³/mol. The molecule has 3 rings (SSSR count). The highest BCUT2D eigenvalue weighted by molar-refractivity contribution is 7.09. The Balaban J connectivity index is 1.77. The van der Waals surface area contributed by atoms with E-state index in [9.17, 15) is 5.11 Å². The van der Waals surface area contributed by atoms with Crippen molar-refractivity contribution >= 4 is 11.3 Å². The highest BCUT2D eigenvalue weighted by Crippen LogP contribution is 2.37. The summed E-state index contributed by atoms with van der Waals surface area (Å²) in [4.78, 5) is 4.74. The lowest BCUT2D eigenvalue weighted by Crippen LogP contribution is -2.43. The minimum atomic E-state index is -0.315. The van der Waals surface area contributed by atoms with E-state index in [4.69, 9.17) is 4.98 Å². The van der Waals surface area contributed by atoms with Gasteiger partial charge in [-0.2, -0.15) is 0 Å². The maximum atomic E-state index is 10.00. The Morgan fingerprint density at radius 3 is 2.77 bits per heavy atom. The third-order valence-corrected chi connectivity index (χ3v) is 5.37. The maximum Gasteiger partial charge on any atom is 0.107 e. The number of aliphatic hydroxyl groups is 1. The Morgan fingerprint density at radius 1 is 1.32 bits per heavy atom. The summed E-state index contributed by atoms with van der Waals surface area (Å²) >= 11 is 1.70. The zero-order valence-electron chi connectivity index (χ0n) is 13.5. The van der Waals surface area contributed by atoms with E-state index in [2.05, 4.69) is 55.7 Å². The minimum absolute atomic E-state index is 0.0867. The minimum Gasteiger partial charge on any atom is -0.394 e. The lowest BCUT2D eigenvalue weighted by atomic mass is 9.92. The fourth-order valence-electron chi connectivity index (χ4n) is 3.07. The Kier molecular flexibility index (Phi) is 4.10. The van der Waals surface area contributed by atoms with Crippen LogP contribution in [0.5, 0.6) is 0 Å². The van der Waals surface area contributed by atoms with Crippen molar-refractivity contribution in [3.63, 3.8) is 0 Å². The summed E-state index contributed by atoms with van der Waals surface area (Å²) in [5, 5.41) is 16.8. The van der Waals surface area contributed by atoms with Crippen LogP contribution in [0.1, 0.15) is 49.0 Å². The second-order valence-electron chi connectivity index (χ2n) is 7.13. The van der Waals surface area contributed by atoms with Crippen molar-refractivity contribution in [3.8, 4) is 0 Å². The number of thiazole rings is 1. The normalized spacial score (nSPS) is 21.1. The molecule has 0 aliphatic heterocycles. The van der Waals surface area contributed by atoms with Crippen LogP contribution in [-0.4, -0.2) is 16.7 Å². The van der Waals surface area contributed by atoms with Crippen molar-refractivity contribution in [2.45, 2.75) is 51.1 Å². The summed E-state index contributed by atoms with van der Waals surface area (Å²) in [6, 6.07) is 8.42. The zero-order chi connectivity index (χ0) is 15.8. The Bertz CT molecular complexity index is 659. The molecule has 4 heteroatoms. The second kappa shape index (κ2) is 5.76. The average Bonchev–Trinajstić information content (AvgIpc) is 3.10. The summed E-state index contributed by atoms with van der Waals surface area (Å²) in [5.41, 5.74) is 3.50. The van der Waals surface area contributed by atoms with Crippen LogP contribution in [0.4, 0.5) is 0 Å². The number of benzene rings is 1. The molecule has 2 aromatic rings. The molecule has 1 aliphatic rings. The van der Waals surface area contributed by atoms with Gasteiger partial charge in [0.1, 0.15) is 5.01 Å². The van der Waals surface area contributed by atoms with E-state index >= 15 is 0 Å². The number of hydrogen-bond donors (Lipinski definition) is 2. The van der Waals surface area contributed by atoms with Crippen molar-refractivity contribution in [1.29, 1.82) is 0 Å². The van der Waals surface area contributed by atoms with Gasteiger partial charge in [0.25, 0.3) is 0 Å². The van der Waals surface area contributed by atoms with Crippen molar-refractivity contribution in [2.75, 3.05) is 6.61 Å². The first-order chi connectivity index (χ1) is 10.4. The standard InChI is InChI=1S/C18H24N2OS/c1-17(2,3)15-11-22-16(20-15)10-19-18(12-21)9-8-13-6-4-5-7-14(13)18/h4-7,11,19,21H,8-10,12H2,1-3H3. The molecule has 1 aromatic carbocycles. The van der Waals surface area contributed by atoms with Crippen LogP contribution < -0.4 is 5.32 Å². The first-order valence-electron chi connectivity index (χ1n) is 7.84. The molecule has 1 aliphatic carbocycles. The van der Waals surface area contributed by atoms with Crippen molar-refractivity contribution in [2.24, 2.45) is 0 Å². The summed E-state index contributed by atoms with van der Waals surface area (Å²) in [7, 11) is 0. The topological polar surface area (TPSA) is 45.1 Å². The molecule has 0 saturated heterocycles. The van der Waals surface area contributed by atoms with Crippen LogP contribution in [0.15, 0.2) is 29.6 Å². The van der Waals surface area contributed by atoms with Gasteiger partial charge in [-0.05, 0) is 24.0 Å². The monoisotopic (exact) mass is 316 g/mol. The fourth-order valence-corrected chi connectivity index (χ4v) is 4.03. The molecular weight excluding hydrogens is 292 g/mol. The third-order valence-electron chi connectivity index (χ3n) is 4.52. The van der Waals surface area contributed by atoms with E-state index in [1.54, 1.807) is 11.3 Å². The molecular formula is C18H24N2OS. The van der Waals surface area contributed by atoms with Crippen molar-refractivity contribution in [3.05, 3.63) is 51.5 Å². The van der Waals surface area contributed by atoms with Crippen molar-refractivity contribution in [1.82, 2.24) is 10.3 Å². The number of fused-ring (bicyclic) bond motifs is 1. The van der Waals surface area contributed by atoms with Gasteiger partial charge in [0.05, 0.1) is 17.8 Å². The SMILES string of the molecule is CC(C)(C)c1csc(CNC2(CO)CCc3ccccc32)n1. The molecule has 118 valence electrons. The van der Waals surface area contributed by atoms with Gasteiger partial charge in [0.15, 0.2) is 0 Å². The summed E-state index contributed by atoms with van der Waals surface area (Å²) in [6.07, 6.45) is 1.97. The first-order valence-corrected chi connectivity index (χ1v) is 8.72. The molecule has 0 amide bonds. The molecule has 0 radical (unpaired) electrons. The van der Waals surface area contributed by atoms with Gasteiger partial charge in [-0.25, -0.2) is 4.98 Å². The highest BCUT2D eigenvalue weighted by Gasteiger charge is 2.37. The average molecular weight is 316 g/mol. The Hall–Kier alpha value is -1.23. The predicted octanol–water partition coefficient (Wildman–Crippen LogP) is 3.36. The second-order valence-corrected chi connectivity index (χ2v) is 8.07. The maximum absolute atomic E-state index is 10.00. The van der Waals surface area contributed by atoms with E-state index in [0.29, 0.717) is 6.54 Å². The van der Waals surface area contributed by atoms with Crippen molar-refractivity contribution < 1.29 is 5.11 Å². The van der Waals surface area contributed by atoms with Gasteiger partial charge >= 0.3 is 0 Å². The molecule has 0 saturated carbocycles. The first kappa shape index (κ1) is 15.7. The van der Waals surface area contributed by atoms with Crippen LogP contribution in [0.2, 0.25) is 0 Å². The molecule has 1 aromatic heterocycles. The Morgan fingerprint density at radius 2 is 2.09 bits per heavy atom. The highest BCUT2D eigenvalue weighted by atomic mass is 32.1. The molecule has 3 nitrogen and oxygen atoms in total. The van der Waals surface area contributed by atoms with Crippen LogP contribution in [0, 0.1) is 0 Å². The van der Waals surface area contributed by atoms with E-state index in [1.165, 1.54) is 11.1 Å². The number of aromatic nitrogens is 1. The smallest absolute Gasteiger partial charge is 0.107 e. The summed E-state index contributed by atoms with van der Waals surface area (Å²) in [6.45, 7) is 7.38. The molecule has 0 fully saturated rings. The fraction of sp³-hybridized carbons (Fsp3) is 0.500. The quantitative estimate of drug-likeness (QED) is 0.909. The third kappa shape index (κ3) is 2.83. The number of rotatable bonds is 4. The van der Waals surface area contributed by atoms with E-state index in [0.717, 1.165) is 23.5 Å². The summed E-state index contributed by atoms with van der Waals surface area (Å²) in [5.74, 6) is 0. The summed E-state index contributed by atoms with van der Waals surface area (Å²) < 4.78 is 0. The van der Waals surface area contributed by atoms with Gasteiger partial charge < -0.3 is 5.11 Å². The van der Waals surface area contributed by atoms with Crippen LogP contribution in [-0.2, 0) is 23.9 Å². The number of nitrogens with zero attached hydrogens (tertiary/aromatic N) is 1. The molecule has 0 bridgehead atoms.